The van der Waals surface area contributed by atoms with Crippen LogP contribution < -0.4 is 10.7 Å². The Bertz CT molecular complexity index is 802. The first-order valence-electron chi connectivity index (χ1n) is 7.32. The molecule has 0 radical (unpaired) electrons. The van der Waals surface area contributed by atoms with Gasteiger partial charge in [-0.2, -0.15) is 0 Å². The Labute approximate surface area is 125 Å². The molecule has 0 atom stereocenters. The van der Waals surface area contributed by atoms with Gasteiger partial charge in [0.15, 0.2) is 1.41 Å². The SMILES string of the molecule is [2H]N(c1ccccc1)c1cccccc1=Nc1ccccc1. The molecule has 1 N–H and O–H groups in total. The van der Waals surface area contributed by atoms with Crippen molar-refractivity contribution in [3.63, 3.8) is 0 Å². The molecule has 0 saturated heterocycles. The van der Waals surface area contributed by atoms with Gasteiger partial charge >= 0.3 is 0 Å². The van der Waals surface area contributed by atoms with E-state index in [1.54, 1.807) is 0 Å². The zero-order chi connectivity index (χ0) is 15.2. The average Bonchev–Trinajstić information content (AvgIpc) is 2.81. The summed E-state index contributed by atoms with van der Waals surface area (Å²) in [6.07, 6.45) is 0. The lowest BCUT2D eigenvalue weighted by Gasteiger charge is -2.05. The van der Waals surface area contributed by atoms with E-state index in [4.69, 9.17) is 1.41 Å². The zero-order valence-electron chi connectivity index (χ0n) is 12.6. The van der Waals surface area contributed by atoms with Crippen LogP contribution >= 0.6 is 0 Å². The number of hydrogen-bond acceptors (Lipinski definition) is 2. The van der Waals surface area contributed by atoms with E-state index in [2.05, 4.69) is 4.99 Å². The molecule has 0 heterocycles. The number of nitrogens with one attached hydrogen (secondary N) is 1. The van der Waals surface area contributed by atoms with Gasteiger partial charge < -0.3 is 5.31 Å². The molecule has 0 unspecified atom stereocenters. The number of nitrogens with zero attached hydrogens (tertiary/aromatic N) is 1. The van der Waals surface area contributed by atoms with Crippen molar-refractivity contribution in [2.45, 2.75) is 0 Å². The van der Waals surface area contributed by atoms with Crippen LogP contribution in [0.1, 0.15) is 0 Å². The van der Waals surface area contributed by atoms with Crippen molar-refractivity contribution in [3.8, 4) is 0 Å². The van der Waals surface area contributed by atoms with Gasteiger partial charge in [-0.05, 0) is 36.4 Å². The molecule has 0 aliphatic rings. The zero-order valence-corrected chi connectivity index (χ0v) is 11.6. The van der Waals surface area contributed by atoms with Gasteiger partial charge in [0, 0.05) is 5.69 Å². The van der Waals surface area contributed by atoms with Crippen LogP contribution in [-0.2, 0) is 0 Å². The van der Waals surface area contributed by atoms with Crippen molar-refractivity contribution in [1.29, 1.82) is 0 Å². The summed E-state index contributed by atoms with van der Waals surface area (Å²) in [5, 5.41) is 2.16. The summed E-state index contributed by atoms with van der Waals surface area (Å²) < 4.78 is 8.42. The fourth-order valence-electron chi connectivity index (χ4n) is 2.00. The molecule has 2 nitrogen and oxygen atoms in total. The number of rotatable bonds is 3. The van der Waals surface area contributed by atoms with E-state index in [0.717, 1.165) is 22.4 Å². The van der Waals surface area contributed by atoms with Crippen molar-refractivity contribution < 1.29 is 1.41 Å². The molecule has 0 saturated carbocycles. The van der Waals surface area contributed by atoms with E-state index < -0.39 is 0 Å². The normalized spacial score (nSPS) is 11.8. The molecule has 0 aliphatic carbocycles. The monoisotopic (exact) mass is 273 g/mol. The smallest absolute Gasteiger partial charge is 0.167 e. The third kappa shape index (κ3) is 3.57. The second-order valence-electron chi connectivity index (χ2n) is 4.58. The Morgan fingerprint density at radius 2 is 1.24 bits per heavy atom. The van der Waals surface area contributed by atoms with Crippen LogP contribution in [0.15, 0.2) is 96.0 Å². The summed E-state index contributed by atoms with van der Waals surface area (Å²) in [6, 6.07) is 29.0. The lowest BCUT2D eigenvalue weighted by atomic mass is 10.3. The van der Waals surface area contributed by atoms with Gasteiger partial charge in [0.2, 0.25) is 0 Å². The van der Waals surface area contributed by atoms with Crippen LogP contribution in [0.4, 0.5) is 17.1 Å². The van der Waals surface area contributed by atoms with Crippen LogP contribution in [-0.4, -0.2) is 0 Å². The van der Waals surface area contributed by atoms with Crippen molar-refractivity contribution >= 4 is 17.1 Å². The minimum Gasteiger partial charge on any atom is -0.354 e. The Hall–Kier alpha value is -2.87. The minimum atomic E-state index is 0.736. The maximum Gasteiger partial charge on any atom is 0.167 e. The first-order chi connectivity index (χ1) is 10.8. The Morgan fingerprint density at radius 1 is 0.667 bits per heavy atom. The van der Waals surface area contributed by atoms with Gasteiger partial charge in [-0.15, -0.1) is 0 Å². The third-order valence-electron chi connectivity index (χ3n) is 3.00. The van der Waals surface area contributed by atoms with Crippen LogP contribution in [0.5, 0.6) is 0 Å². The summed E-state index contributed by atoms with van der Waals surface area (Å²) in [4.78, 5) is 4.67. The molecule has 0 aliphatic heterocycles. The average molecular weight is 273 g/mol. The van der Waals surface area contributed by atoms with Crippen LogP contribution in [0.25, 0.3) is 0 Å². The van der Waals surface area contributed by atoms with Gasteiger partial charge in [-0.25, -0.2) is 4.99 Å². The van der Waals surface area contributed by atoms with E-state index in [9.17, 15) is 0 Å². The van der Waals surface area contributed by atoms with Crippen LogP contribution in [0.2, 0.25) is 1.41 Å². The first kappa shape index (κ1) is 11.9. The standard InChI is InChI=1S/C19H16N2/c1-4-10-16(11-5-1)20-18-14-8-3-9-15-19(18)21-17-12-6-2-7-13-17/h1-15H,(H,20,21)/i/hD. The molecule has 2 heteroatoms. The molecule has 3 aromatic carbocycles. The Kier molecular flexibility index (Phi) is 3.70. The van der Waals surface area contributed by atoms with E-state index in [-0.39, 0.29) is 0 Å². The van der Waals surface area contributed by atoms with Gasteiger partial charge in [-0.1, -0.05) is 54.6 Å². The molecule has 0 spiro atoms. The molecule has 21 heavy (non-hydrogen) atoms. The molecule has 0 fully saturated rings. The number of benzene rings is 2. The number of para-hydroxylation sites is 2. The van der Waals surface area contributed by atoms with E-state index in [1.807, 2.05) is 91.0 Å². The third-order valence-corrected chi connectivity index (χ3v) is 3.00. The highest BCUT2D eigenvalue weighted by Crippen LogP contribution is 2.13. The van der Waals surface area contributed by atoms with Gasteiger partial charge in [0.25, 0.3) is 0 Å². The fourth-order valence-corrected chi connectivity index (χ4v) is 2.00. The second-order valence-corrected chi connectivity index (χ2v) is 4.58. The Balaban J connectivity index is 2.13. The highest BCUT2D eigenvalue weighted by molar-refractivity contribution is 5.59. The van der Waals surface area contributed by atoms with Crippen molar-refractivity contribution in [1.82, 2.24) is 0 Å². The van der Waals surface area contributed by atoms with Crippen LogP contribution in [0.3, 0.4) is 0 Å². The Morgan fingerprint density at radius 3 is 1.95 bits per heavy atom. The molecule has 3 aromatic rings. The van der Waals surface area contributed by atoms with Crippen molar-refractivity contribution in [2.75, 3.05) is 5.31 Å². The predicted octanol–water partition coefficient (Wildman–Crippen LogP) is 4.66. The maximum atomic E-state index is 8.42. The minimum absolute atomic E-state index is 0.736. The molecular formula is C19H16N2. The van der Waals surface area contributed by atoms with E-state index in [1.165, 1.54) is 5.31 Å². The van der Waals surface area contributed by atoms with Crippen molar-refractivity contribution in [3.05, 3.63) is 96.4 Å². The first-order valence-corrected chi connectivity index (χ1v) is 6.88. The predicted molar refractivity (Wildman–Crippen MR) is 87.8 cm³/mol. The van der Waals surface area contributed by atoms with Gasteiger partial charge in [0.05, 0.1) is 16.7 Å². The molecular weight excluding hydrogens is 256 g/mol. The van der Waals surface area contributed by atoms with Gasteiger partial charge in [-0.3, -0.25) is 0 Å². The molecule has 0 aromatic heterocycles. The summed E-state index contributed by atoms with van der Waals surface area (Å²) in [6.45, 7) is 0. The maximum absolute atomic E-state index is 8.42. The molecule has 102 valence electrons. The number of anilines is 2. The highest BCUT2D eigenvalue weighted by Gasteiger charge is 1.96. The summed E-state index contributed by atoms with van der Waals surface area (Å²) in [7, 11) is 0. The van der Waals surface area contributed by atoms with E-state index in [0.29, 0.717) is 0 Å². The second kappa shape index (κ2) is 6.53. The largest absolute Gasteiger partial charge is 0.354 e. The lowest BCUT2D eigenvalue weighted by Crippen LogP contribution is -2.05. The van der Waals surface area contributed by atoms with E-state index >= 15 is 0 Å². The summed E-state index contributed by atoms with van der Waals surface area (Å²) >= 11 is 0. The quantitative estimate of drug-likeness (QED) is 0.737. The highest BCUT2D eigenvalue weighted by atomic mass is 14.9. The van der Waals surface area contributed by atoms with Crippen molar-refractivity contribution in [2.24, 2.45) is 4.99 Å². The summed E-state index contributed by atoms with van der Waals surface area (Å²) in [5.74, 6) is 0. The topological polar surface area (TPSA) is 24.4 Å². The fraction of sp³-hybridized carbons (Fsp3) is 0. The molecule has 3 rings (SSSR count). The van der Waals surface area contributed by atoms with Gasteiger partial charge in [0.1, 0.15) is 0 Å². The molecule has 0 bridgehead atoms. The number of hydrogen-bond donors (Lipinski definition) is 1. The van der Waals surface area contributed by atoms with Crippen LogP contribution in [0, 0.1) is 0 Å². The summed E-state index contributed by atoms with van der Waals surface area (Å²) in [5.41, 5.74) is 2.41. The lowest BCUT2D eigenvalue weighted by molar-refractivity contribution is 1.34. The molecule has 0 amide bonds.